The third-order valence-electron chi connectivity index (χ3n) is 6.09. The average molecular weight is 625 g/mol. The van der Waals surface area contributed by atoms with Gasteiger partial charge in [0.15, 0.2) is 0 Å². The Morgan fingerprint density at radius 3 is 1.46 bits per heavy atom. The normalized spacial score (nSPS) is 10.2. The number of rotatable bonds is 3. The molecule has 4 aromatic carbocycles. The van der Waals surface area contributed by atoms with Crippen molar-refractivity contribution in [1.82, 2.24) is 0 Å². The maximum atomic E-state index is 3.72. The Labute approximate surface area is 254 Å². The van der Waals surface area contributed by atoms with E-state index in [0.29, 0.717) is 0 Å². The van der Waals surface area contributed by atoms with Gasteiger partial charge in [-0.3, -0.25) is 0 Å². The van der Waals surface area contributed by atoms with Gasteiger partial charge in [0.2, 0.25) is 0 Å². The Morgan fingerprint density at radius 1 is 0.676 bits per heavy atom. The van der Waals surface area contributed by atoms with Gasteiger partial charge in [-0.2, -0.15) is 66.1 Å². The number of benzene rings is 4. The van der Waals surface area contributed by atoms with Crippen LogP contribution in [0.2, 0.25) is 0 Å². The molecule has 0 atom stereocenters. The zero-order valence-electron chi connectivity index (χ0n) is 22.1. The van der Waals surface area contributed by atoms with Crippen molar-refractivity contribution in [2.24, 2.45) is 0 Å². The molecule has 0 aromatic heterocycles. The summed E-state index contributed by atoms with van der Waals surface area (Å²) in [5, 5.41) is 0. The van der Waals surface area contributed by atoms with E-state index in [4.69, 9.17) is 0 Å². The van der Waals surface area contributed by atoms with Crippen LogP contribution in [0, 0.1) is 26.5 Å². The molecule has 2 aliphatic carbocycles. The van der Waals surface area contributed by atoms with Crippen molar-refractivity contribution in [3.8, 4) is 22.3 Å². The smallest absolute Gasteiger partial charge is 0.0253 e. The van der Waals surface area contributed by atoms with Gasteiger partial charge in [-0.05, 0) is 12.8 Å². The summed E-state index contributed by atoms with van der Waals surface area (Å²) in [6, 6.07) is 36.2. The second-order valence-electron chi connectivity index (χ2n) is 8.35. The van der Waals surface area contributed by atoms with E-state index in [-0.39, 0.29) is 32.2 Å². The molecule has 0 nitrogen and oxygen atoms in total. The van der Waals surface area contributed by atoms with Crippen molar-refractivity contribution in [2.75, 3.05) is 0 Å². The van der Waals surface area contributed by atoms with E-state index >= 15 is 0 Å². The molecule has 0 amide bonds. The number of fused-ring (bicyclic) bond motifs is 6. The Kier molecular flexibility index (Phi) is 18.8. The minimum Gasteiger partial charge on any atom is -0.179 e. The molecule has 0 N–H and O–H groups in total. The van der Waals surface area contributed by atoms with Gasteiger partial charge in [0, 0.05) is 0 Å². The third-order valence-corrected chi connectivity index (χ3v) is 6.09. The largest absolute Gasteiger partial charge is 0.179 e. The number of hydrogen-bond donors (Lipinski definition) is 0. The molecular formula is C33H38Cl2SiZr-4. The first kappa shape index (κ1) is 35.6. The minimum atomic E-state index is 0. The fourth-order valence-electron chi connectivity index (χ4n) is 4.42. The summed E-state index contributed by atoms with van der Waals surface area (Å²) in [5.41, 5.74) is 11.0. The molecule has 0 fully saturated rings. The van der Waals surface area contributed by atoms with Gasteiger partial charge in [-0.25, -0.2) is 0 Å². The summed E-state index contributed by atoms with van der Waals surface area (Å²) in [6.07, 6.45) is 7.17. The zero-order valence-corrected chi connectivity index (χ0v) is 27.6. The van der Waals surface area contributed by atoms with Gasteiger partial charge < -0.3 is 14.4 Å². The maximum Gasteiger partial charge on any atom is -0.0253 e. The van der Waals surface area contributed by atoms with Crippen molar-refractivity contribution in [3.05, 3.63) is 134 Å². The van der Waals surface area contributed by atoms with E-state index in [0.717, 1.165) is 19.3 Å². The van der Waals surface area contributed by atoms with Crippen molar-refractivity contribution in [3.63, 3.8) is 0 Å². The van der Waals surface area contributed by atoms with Gasteiger partial charge in [-0.15, -0.1) is 35.9 Å². The molecule has 4 aromatic rings. The molecule has 0 saturated heterocycles. The Bertz CT molecular complexity index is 1010. The molecular weight excluding hydrogens is 587 g/mol. The van der Waals surface area contributed by atoms with E-state index in [1.807, 2.05) is 19.0 Å². The Balaban J connectivity index is 0.000000518. The van der Waals surface area contributed by atoms with Gasteiger partial charge in [0.1, 0.15) is 0 Å². The predicted octanol–water partition coefficient (Wildman–Crippen LogP) is 8.89. The minimum absolute atomic E-state index is 0. The topological polar surface area (TPSA) is 0 Å². The van der Waals surface area contributed by atoms with Gasteiger partial charge in [0.05, 0.1) is 0 Å². The van der Waals surface area contributed by atoms with Gasteiger partial charge in [-0.1, -0.05) is 97.0 Å². The average Bonchev–Trinajstić information content (AvgIpc) is 3.48. The summed E-state index contributed by atoms with van der Waals surface area (Å²) in [6.45, 7) is 7.88. The summed E-state index contributed by atoms with van der Waals surface area (Å²) in [7, 11) is 0. The van der Waals surface area contributed by atoms with E-state index in [9.17, 15) is 0 Å². The summed E-state index contributed by atoms with van der Waals surface area (Å²) < 4.78 is 0. The molecule has 6 rings (SSSR count). The molecule has 0 aliphatic heterocycles. The van der Waals surface area contributed by atoms with Crippen molar-refractivity contribution < 1.29 is 23.3 Å². The van der Waals surface area contributed by atoms with E-state index in [1.165, 1.54) is 63.8 Å². The van der Waals surface area contributed by atoms with Gasteiger partial charge >= 0.3 is 30.2 Å². The first-order valence-electron chi connectivity index (χ1n) is 12.1. The van der Waals surface area contributed by atoms with Crippen molar-refractivity contribution in [1.29, 1.82) is 0 Å². The summed E-state index contributed by atoms with van der Waals surface area (Å²) in [4.78, 5) is 0. The van der Waals surface area contributed by atoms with E-state index < -0.39 is 0 Å². The van der Waals surface area contributed by atoms with Crippen LogP contribution in [-0.2, 0) is 36.2 Å². The second-order valence-corrected chi connectivity index (χ2v) is 8.35. The number of hydrogen-bond acceptors (Lipinski definition) is 0. The Hall–Kier alpha value is -1.44. The molecule has 0 spiro atoms. The number of halogens is 2. The third kappa shape index (κ3) is 9.67. The molecule has 0 radical (unpaired) electrons. The Morgan fingerprint density at radius 2 is 1.08 bits per heavy atom. The second kappa shape index (κ2) is 19.6. The fraction of sp³-hybridized carbons (Fsp3) is 0.212. The van der Waals surface area contributed by atoms with Crippen LogP contribution in [0.5, 0.6) is 0 Å². The van der Waals surface area contributed by atoms with Crippen LogP contribution in [0.15, 0.2) is 84.9 Å². The standard InChI is InChI=1S/2C13H9.C6H13.CH3.2ClH.H2Si.Zr/c2*1-3-7-12-10(5-1)9-11-6-2-4-8-13(11)12;1-3-5-6-4-2;;;;;/h2*1-5,7-8H,9H2;1,3-6H2,2H3;1H3;2*1H;1H2;/q4*-1;;;;. The van der Waals surface area contributed by atoms with Gasteiger partial charge in [0.25, 0.3) is 0 Å². The monoisotopic (exact) mass is 622 g/mol. The van der Waals surface area contributed by atoms with Crippen molar-refractivity contribution >= 4 is 31.7 Å². The summed E-state index contributed by atoms with van der Waals surface area (Å²) >= 11 is 1.58. The van der Waals surface area contributed by atoms with Crippen molar-refractivity contribution in [2.45, 2.75) is 45.4 Å². The molecule has 4 heteroatoms. The SMILES string of the molecule is Cl.Cl.[CH2-]CCCCC.[CH3-].[SiH2]=[Zr].[c-]1cccc2c1Cc1ccccc1-2.[c-]1cccc2c1Cc1ccccc1-2. The molecule has 0 unspecified atom stereocenters. The first-order valence-corrected chi connectivity index (χ1v) is 18.0. The molecule has 2 aliphatic rings. The first-order chi connectivity index (χ1) is 16.8. The van der Waals surface area contributed by atoms with Crippen LogP contribution in [0.25, 0.3) is 22.3 Å². The zero-order chi connectivity index (χ0) is 24.2. The van der Waals surface area contributed by atoms with Crippen LogP contribution >= 0.6 is 24.8 Å². The predicted molar refractivity (Wildman–Crippen MR) is 166 cm³/mol. The quantitative estimate of drug-likeness (QED) is 0.105. The van der Waals surface area contributed by atoms with Crippen LogP contribution in [0.1, 0.15) is 54.9 Å². The molecule has 0 saturated carbocycles. The molecule has 0 heterocycles. The van der Waals surface area contributed by atoms with Crippen LogP contribution in [-0.4, -0.2) is 6.88 Å². The fourth-order valence-corrected chi connectivity index (χ4v) is 4.42. The van der Waals surface area contributed by atoms with E-state index in [1.54, 1.807) is 23.3 Å². The molecule has 0 bridgehead atoms. The molecule has 37 heavy (non-hydrogen) atoms. The van der Waals surface area contributed by atoms with Crippen LogP contribution in [0.3, 0.4) is 0 Å². The summed E-state index contributed by atoms with van der Waals surface area (Å²) in [5.74, 6) is 0. The number of unbranched alkanes of at least 4 members (excludes halogenated alkanes) is 3. The van der Waals surface area contributed by atoms with Crippen LogP contribution < -0.4 is 0 Å². The van der Waals surface area contributed by atoms with Crippen LogP contribution in [0.4, 0.5) is 0 Å². The van der Waals surface area contributed by atoms with E-state index in [2.05, 4.69) is 98.8 Å². The maximum absolute atomic E-state index is 3.72. The molecule has 196 valence electrons.